The van der Waals surface area contributed by atoms with Gasteiger partial charge in [-0.3, -0.25) is 18.6 Å². The number of nitrogens with zero attached hydrogens (tertiary/aromatic N) is 1. The van der Waals surface area contributed by atoms with Gasteiger partial charge in [0.2, 0.25) is 0 Å². The Morgan fingerprint density at radius 2 is 0.794 bits per heavy atom. The third-order valence-corrected chi connectivity index (χ3v) is 11.2. The summed E-state index contributed by atoms with van der Waals surface area (Å²) in [6, 6.07) is 0. The molecule has 0 bridgehead atoms. The Morgan fingerprint density at radius 1 is 0.456 bits per heavy atom. The van der Waals surface area contributed by atoms with Gasteiger partial charge in [-0.2, -0.15) is 0 Å². The zero-order chi connectivity index (χ0) is 49.9. The zero-order valence-corrected chi connectivity index (χ0v) is 44.2. The van der Waals surface area contributed by atoms with Gasteiger partial charge in [-0.1, -0.05) is 180 Å². The van der Waals surface area contributed by atoms with Crippen molar-refractivity contribution in [1.82, 2.24) is 0 Å². The van der Waals surface area contributed by atoms with Gasteiger partial charge in [0.05, 0.1) is 27.7 Å². The van der Waals surface area contributed by atoms with Gasteiger partial charge in [0.25, 0.3) is 0 Å². The molecule has 0 aromatic carbocycles. The highest BCUT2D eigenvalue weighted by Gasteiger charge is 2.27. The van der Waals surface area contributed by atoms with Gasteiger partial charge in [-0.25, -0.2) is 4.57 Å². The van der Waals surface area contributed by atoms with Crippen molar-refractivity contribution in [1.29, 1.82) is 0 Å². The Morgan fingerprint density at radius 3 is 1.19 bits per heavy atom. The zero-order valence-electron chi connectivity index (χ0n) is 43.3. The quantitative estimate of drug-likeness (QED) is 0.0211. The van der Waals surface area contributed by atoms with Crippen molar-refractivity contribution in [3.05, 3.63) is 134 Å². The van der Waals surface area contributed by atoms with Crippen LogP contribution in [0.5, 0.6) is 0 Å². The summed E-state index contributed by atoms with van der Waals surface area (Å²) in [6.45, 7) is 4.11. The lowest BCUT2D eigenvalue weighted by Crippen LogP contribution is -2.37. The number of likely N-dealkylation sites (N-methyl/N-ethyl adjacent to an activating group) is 1. The topological polar surface area (TPSA) is 108 Å². The number of carbonyl (C=O) groups excluding carboxylic acids is 2. The summed E-state index contributed by atoms with van der Waals surface area (Å²) in [4.78, 5) is 35.6. The van der Waals surface area contributed by atoms with Gasteiger partial charge in [-0.05, 0) is 109 Å². The van der Waals surface area contributed by atoms with Crippen LogP contribution in [0.2, 0.25) is 0 Å². The first-order valence-corrected chi connectivity index (χ1v) is 27.4. The molecular formula is C58H95NO8P+. The summed E-state index contributed by atoms with van der Waals surface area (Å²) < 4.78 is 34.4. The largest absolute Gasteiger partial charge is 0.472 e. The van der Waals surface area contributed by atoms with E-state index in [1.165, 1.54) is 0 Å². The minimum Gasteiger partial charge on any atom is -0.462 e. The molecule has 1 N–H and O–H groups in total. The Labute approximate surface area is 415 Å². The van der Waals surface area contributed by atoms with E-state index >= 15 is 0 Å². The van der Waals surface area contributed by atoms with Crippen LogP contribution in [0.3, 0.4) is 0 Å². The molecule has 9 nitrogen and oxygen atoms in total. The Hall–Kier alpha value is -3.85. The number of phosphoric acid groups is 1. The molecule has 384 valence electrons. The number of rotatable bonds is 45. The molecule has 0 radical (unpaired) electrons. The first-order valence-electron chi connectivity index (χ1n) is 25.9. The van der Waals surface area contributed by atoms with Crippen molar-refractivity contribution in [2.75, 3.05) is 47.5 Å². The van der Waals surface area contributed by atoms with E-state index in [2.05, 4.69) is 148 Å². The van der Waals surface area contributed by atoms with Gasteiger partial charge in [-0.15, -0.1) is 0 Å². The van der Waals surface area contributed by atoms with Crippen molar-refractivity contribution in [3.8, 4) is 0 Å². The second-order valence-corrected chi connectivity index (χ2v) is 19.2. The van der Waals surface area contributed by atoms with E-state index < -0.39 is 32.5 Å². The maximum atomic E-state index is 12.8. The molecule has 0 spiro atoms. The molecule has 0 fully saturated rings. The summed E-state index contributed by atoms with van der Waals surface area (Å²) in [5.74, 6) is -0.866. The highest BCUT2D eigenvalue weighted by atomic mass is 31.2. The van der Waals surface area contributed by atoms with Crippen molar-refractivity contribution in [3.63, 3.8) is 0 Å². The number of phosphoric ester groups is 1. The number of hydrogen-bond donors (Lipinski definition) is 1. The Bertz CT molecular complexity index is 1610. The fraction of sp³-hybridized carbons (Fsp3) is 0.586. The second-order valence-electron chi connectivity index (χ2n) is 17.8. The van der Waals surface area contributed by atoms with Gasteiger partial charge in [0.15, 0.2) is 6.10 Å². The molecule has 0 heterocycles. The summed E-state index contributed by atoms with van der Waals surface area (Å²) in [7, 11) is 1.42. The SMILES string of the molecule is CC/C=C\C/C=C\C/C=C\C/C=C\C/C=C\C/C=C\C/C=C\CCCCCC(=O)OC(COC(=O)CCCCCCCC/C=C\C/C=C\C/C=C\C/C=C\CC)COP(=O)(O)OCC[N+](C)(C)C. The minimum absolute atomic E-state index is 0.0136. The van der Waals surface area contributed by atoms with Crippen molar-refractivity contribution in [2.24, 2.45) is 0 Å². The molecule has 0 aliphatic heterocycles. The summed E-state index contributed by atoms with van der Waals surface area (Å²) in [5.41, 5.74) is 0. The monoisotopic (exact) mass is 965 g/mol. The van der Waals surface area contributed by atoms with Crippen LogP contribution in [-0.4, -0.2) is 74.9 Å². The summed E-state index contributed by atoms with van der Waals surface area (Å²) in [6.07, 6.45) is 69.3. The van der Waals surface area contributed by atoms with E-state index in [1.807, 2.05) is 21.1 Å². The lowest BCUT2D eigenvalue weighted by molar-refractivity contribution is -0.870. The number of carbonyl (C=O) groups is 2. The van der Waals surface area contributed by atoms with E-state index in [0.717, 1.165) is 128 Å². The van der Waals surface area contributed by atoms with Gasteiger partial charge >= 0.3 is 19.8 Å². The first kappa shape index (κ1) is 64.2. The fourth-order valence-electron chi connectivity index (χ4n) is 6.22. The number of unbranched alkanes of at least 4 members (excludes halogenated alkanes) is 9. The van der Waals surface area contributed by atoms with E-state index in [9.17, 15) is 19.0 Å². The van der Waals surface area contributed by atoms with E-state index in [-0.39, 0.29) is 26.1 Å². The van der Waals surface area contributed by atoms with Crippen LogP contribution < -0.4 is 0 Å². The highest BCUT2D eigenvalue weighted by Crippen LogP contribution is 2.43. The summed E-state index contributed by atoms with van der Waals surface area (Å²) >= 11 is 0. The van der Waals surface area contributed by atoms with Crippen LogP contribution in [0.4, 0.5) is 0 Å². The molecule has 0 saturated carbocycles. The second kappa shape index (κ2) is 48.2. The number of hydrogen-bond acceptors (Lipinski definition) is 7. The van der Waals surface area contributed by atoms with Gasteiger partial charge < -0.3 is 18.9 Å². The van der Waals surface area contributed by atoms with Crippen LogP contribution in [0.1, 0.15) is 168 Å². The molecule has 0 aliphatic rings. The van der Waals surface area contributed by atoms with Gasteiger partial charge in [0, 0.05) is 12.8 Å². The molecule has 68 heavy (non-hydrogen) atoms. The number of esters is 2. The van der Waals surface area contributed by atoms with Crippen LogP contribution in [0.15, 0.2) is 134 Å². The highest BCUT2D eigenvalue weighted by molar-refractivity contribution is 7.47. The predicted molar refractivity (Wildman–Crippen MR) is 288 cm³/mol. The molecule has 2 atom stereocenters. The van der Waals surface area contributed by atoms with E-state index in [1.54, 1.807) is 0 Å². The third-order valence-electron chi connectivity index (χ3n) is 10.2. The smallest absolute Gasteiger partial charge is 0.462 e. The number of ether oxygens (including phenoxy) is 2. The lowest BCUT2D eigenvalue weighted by Gasteiger charge is -2.24. The molecule has 0 amide bonds. The lowest BCUT2D eigenvalue weighted by atomic mass is 10.1. The van der Waals surface area contributed by atoms with Crippen molar-refractivity contribution < 1.29 is 42.1 Å². The average molecular weight is 965 g/mol. The van der Waals surface area contributed by atoms with Crippen molar-refractivity contribution in [2.45, 2.75) is 174 Å². The summed E-state index contributed by atoms with van der Waals surface area (Å²) in [5, 5.41) is 0. The maximum Gasteiger partial charge on any atom is 0.472 e. The van der Waals surface area contributed by atoms with Crippen molar-refractivity contribution >= 4 is 19.8 Å². The molecular weight excluding hydrogens is 870 g/mol. The van der Waals surface area contributed by atoms with Crippen LogP contribution in [0, 0.1) is 0 Å². The van der Waals surface area contributed by atoms with E-state index in [0.29, 0.717) is 23.9 Å². The molecule has 2 unspecified atom stereocenters. The molecule has 0 saturated heterocycles. The maximum absolute atomic E-state index is 12.8. The first-order chi connectivity index (χ1) is 33.0. The molecule has 10 heteroatoms. The molecule has 0 aliphatic carbocycles. The average Bonchev–Trinajstić information content (AvgIpc) is 3.30. The fourth-order valence-corrected chi connectivity index (χ4v) is 6.96. The standard InChI is InChI=1S/C58H94NO8P/c1-6-8-10-12-14-16-18-20-22-24-26-27-28-29-30-31-33-35-37-39-41-43-45-47-49-51-58(61)67-56(55-66-68(62,63)65-53-52-59(3,4)5)54-64-57(60)50-48-46-44-42-40-38-36-34-32-25-23-21-19-17-15-13-11-9-7-2/h8-11,14-17,20-23,26-27,29-30,32-35,39,41,56H,6-7,12-13,18-19,24-25,28,31,36-38,40,42-55H2,1-5H3/p+1/b10-8-,11-9-,16-14-,17-15-,22-20-,23-21-,27-26-,30-29-,34-32-,35-33-,41-39-. The van der Waals surface area contributed by atoms with Gasteiger partial charge in [0.1, 0.15) is 19.8 Å². The third kappa shape index (κ3) is 51.5. The molecule has 0 aromatic heterocycles. The number of allylic oxidation sites excluding steroid dienone is 22. The molecule has 0 aromatic rings. The van der Waals surface area contributed by atoms with Crippen LogP contribution in [-0.2, 0) is 32.7 Å². The molecule has 0 rings (SSSR count). The number of quaternary nitrogens is 1. The minimum atomic E-state index is -4.41. The predicted octanol–water partition coefficient (Wildman–Crippen LogP) is 15.8. The normalized spacial score (nSPS) is 14.5. The van der Waals surface area contributed by atoms with Crippen LogP contribution in [0.25, 0.3) is 0 Å². The van der Waals surface area contributed by atoms with Crippen LogP contribution >= 0.6 is 7.82 Å². The Kier molecular flexibility index (Phi) is 45.5. The Balaban J connectivity index is 4.39. The van der Waals surface area contributed by atoms with E-state index in [4.69, 9.17) is 18.5 Å².